The van der Waals surface area contributed by atoms with Crippen LogP contribution in [-0.4, -0.2) is 10.9 Å². The first-order valence-corrected chi connectivity index (χ1v) is 6.15. The number of anilines is 1. The van der Waals surface area contributed by atoms with E-state index in [1.165, 1.54) is 0 Å². The van der Waals surface area contributed by atoms with Crippen molar-refractivity contribution in [3.8, 4) is 0 Å². The molecule has 4 heteroatoms. The molecule has 0 bridgehead atoms. The van der Waals surface area contributed by atoms with Crippen LogP contribution in [0.3, 0.4) is 0 Å². The van der Waals surface area contributed by atoms with Crippen LogP contribution < -0.4 is 11.1 Å². The van der Waals surface area contributed by atoms with Crippen molar-refractivity contribution in [2.75, 3.05) is 5.73 Å². The van der Waals surface area contributed by atoms with Gasteiger partial charge in [0.15, 0.2) is 0 Å². The fraction of sp³-hybridized carbons (Fsp3) is 0.200. The van der Waals surface area contributed by atoms with Crippen LogP contribution in [0.25, 0.3) is 0 Å². The Labute approximate surface area is 112 Å². The molecule has 4 nitrogen and oxygen atoms in total. The predicted molar refractivity (Wildman–Crippen MR) is 75.7 cm³/mol. The number of aromatic nitrogens is 1. The van der Waals surface area contributed by atoms with E-state index < -0.39 is 0 Å². The quantitative estimate of drug-likeness (QED) is 0.828. The van der Waals surface area contributed by atoms with Crippen LogP contribution in [0.15, 0.2) is 42.7 Å². The number of carbonyl (C=O) groups is 1. The van der Waals surface area contributed by atoms with Crippen molar-refractivity contribution >= 4 is 11.6 Å². The van der Waals surface area contributed by atoms with Crippen LogP contribution in [0.2, 0.25) is 0 Å². The number of pyridine rings is 1. The second-order valence-corrected chi connectivity index (χ2v) is 4.58. The molecule has 0 saturated heterocycles. The average Bonchev–Trinajstić information content (AvgIpc) is 2.39. The number of nitrogens with two attached hydrogens (primary N) is 1. The number of nitrogen functional groups attached to an aromatic ring is 1. The molecule has 19 heavy (non-hydrogen) atoms. The summed E-state index contributed by atoms with van der Waals surface area (Å²) in [4.78, 5) is 16.1. The van der Waals surface area contributed by atoms with Gasteiger partial charge in [0.1, 0.15) is 0 Å². The van der Waals surface area contributed by atoms with Crippen molar-refractivity contribution in [1.82, 2.24) is 10.3 Å². The van der Waals surface area contributed by atoms with Gasteiger partial charge in [-0.3, -0.25) is 9.78 Å². The van der Waals surface area contributed by atoms with Gasteiger partial charge in [0, 0.05) is 18.1 Å². The number of hydrogen-bond acceptors (Lipinski definition) is 3. The molecule has 1 atom stereocenters. The van der Waals surface area contributed by atoms with Gasteiger partial charge in [0.2, 0.25) is 0 Å². The third-order valence-electron chi connectivity index (χ3n) is 2.95. The van der Waals surface area contributed by atoms with E-state index in [1.54, 1.807) is 12.4 Å². The number of benzene rings is 1. The Bertz CT molecular complexity index is 595. The largest absolute Gasteiger partial charge is 0.398 e. The maximum Gasteiger partial charge on any atom is 0.253 e. The first-order valence-electron chi connectivity index (χ1n) is 6.15. The van der Waals surface area contributed by atoms with Crippen molar-refractivity contribution < 1.29 is 4.79 Å². The van der Waals surface area contributed by atoms with Crippen LogP contribution in [0.4, 0.5) is 5.69 Å². The Morgan fingerprint density at radius 3 is 2.74 bits per heavy atom. The Morgan fingerprint density at radius 2 is 2.05 bits per heavy atom. The third-order valence-corrected chi connectivity index (χ3v) is 2.95. The summed E-state index contributed by atoms with van der Waals surface area (Å²) in [5, 5.41) is 2.92. The third kappa shape index (κ3) is 3.10. The molecule has 3 N–H and O–H groups in total. The van der Waals surface area contributed by atoms with Gasteiger partial charge >= 0.3 is 0 Å². The molecular weight excluding hydrogens is 238 g/mol. The highest BCUT2D eigenvalue weighted by atomic mass is 16.1. The fourth-order valence-electron chi connectivity index (χ4n) is 1.94. The van der Waals surface area contributed by atoms with E-state index in [1.807, 2.05) is 44.2 Å². The van der Waals surface area contributed by atoms with E-state index >= 15 is 0 Å². The molecule has 98 valence electrons. The summed E-state index contributed by atoms with van der Waals surface area (Å²) in [6.45, 7) is 3.81. The molecule has 2 rings (SSSR count). The number of nitrogens with one attached hydrogen (secondary N) is 1. The minimum atomic E-state index is -0.146. The second kappa shape index (κ2) is 5.52. The fourth-order valence-corrected chi connectivity index (χ4v) is 1.94. The lowest BCUT2D eigenvalue weighted by Gasteiger charge is -2.16. The molecule has 1 heterocycles. The molecule has 0 aliphatic carbocycles. The van der Waals surface area contributed by atoms with Gasteiger partial charge < -0.3 is 11.1 Å². The maximum absolute atomic E-state index is 12.1. The van der Waals surface area contributed by atoms with Crippen LogP contribution in [-0.2, 0) is 0 Å². The summed E-state index contributed by atoms with van der Waals surface area (Å²) in [5.74, 6) is -0.146. The van der Waals surface area contributed by atoms with Crippen molar-refractivity contribution in [3.05, 3.63) is 59.4 Å². The zero-order chi connectivity index (χ0) is 13.8. The van der Waals surface area contributed by atoms with Gasteiger partial charge in [-0.25, -0.2) is 0 Å². The Morgan fingerprint density at radius 1 is 1.32 bits per heavy atom. The van der Waals surface area contributed by atoms with Crippen molar-refractivity contribution in [2.45, 2.75) is 19.9 Å². The van der Waals surface area contributed by atoms with Crippen LogP contribution in [0, 0.1) is 6.92 Å². The van der Waals surface area contributed by atoms with Gasteiger partial charge in [-0.2, -0.15) is 0 Å². The number of amides is 1. The first kappa shape index (κ1) is 13.1. The minimum Gasteiger partial charge on any atom is -0.398 e. The Hall–Kier alpha value is -2.36. The molecule has 1 amide bonds. The average molecular weight is 255 g/mol. The van der Waals surface area contributed by atoms with Crippen molar-refractivity contribution in [2.24, 2.45) is 0 Å². The second-order valence-electron chi connectivity index (χ2n) is 4.58. The molecule has 0 spiro atoms. The number of para-hydroxylation sites is 1. The van der Waals surface area contributed by atoms with Gasteiger partial charge in [-0.1, -0.05) is 18.2 Å². The summed E-state index contributed by atoms with van der Waals surface area (Å²) in [5.41, 5.74) is 9.00. The molecular formula is C15H17N3O. The van der Waals surface area contributed by atoms with E-state index in [0.29, 0.717) is 11.3 Å². The number of rotatable bonds is 3. The lowest BCUT2D eigenvalue weighted by molar-refractivity contribution is 0.0939. The zero-order valence-electron chi connectivity index (χ0n) is 11.1. The number of nitrogens with zero attached hydrogens (tertiary/aromatic N) is 1. The molecule has 0 radical (unpaired) electrons. The maximum atomic E-state index is 12.1. The van der Waals surface area contributed by atoms with Crippen molar-refractivity contribution in [1.29, 1.82) is 0 Å². The van der Waals surface area contributed by atoms with Gasteiger partial charge in [-0.15, -0.1) is 0 Å². The summed E-state index contributed by atoms with van der Waals surface area (Å²) in [6, 6.07) is 9.18. The van der Waals surface area contributed by atoms with Crippen molar-refractivity contribution in [3.63, 3.8) is 0 Å². The molecule has 0 saturated carbocycles. The van der Waals surface area contributed by atoms with E-state index in [2.05, 4.69) is 10.3 Å². The molecule has 1 unspecified atom stereocenters. The van der Waals surface area contributed by atoms with Gasteiger partial charge in [-0.05, 0) is 37.1 Å². The monoisotopic (exact) mass is 255 g/mol. The molecule has 0 aliphatic rings. The van der Waals surface area contributed by atoms with Gasteiger partial charge in [0.25, 0.3) is 5.91 Å². The Balaban J connectivity index is 2.13. The molecule has 0 fully saturated rings. The van der Waals surface area contributed by atoms with Crippen LogP contribution in [0.5, 0.6) is 0 Å². The normalized spacial score (nSPS) is 11.9. The topological polar surface area (TPSA) is 68.0 Å². The zero-order valence-corrected chi connectivity index (χ0v) is 11.1. The highest BCUT2D eigenvalue weighted by Crippen LogP contribution is 2.19. The number of aryl methyl sites for hydroxylation is 1. The SMILES string of the molecule is Cc1cncc(C(=O)NC(C)c2ccccc2N)c1. The smallest absolute Gasteiger partial charge is 0.253 e. The lowest BCUT2D eigenvalue weighted by Crippen LogP contribution is -2.27. The first-order chi connectivity index (χ1) is 9.08. The van der Waals surface area contributed by atoms with Crippen LogP contribution >= 0.6 is 0 Å². The van der Waals surface area contributed by atoms with E-state index in [9.17, 15) is 4.79 Å². The highest BCUT2D eigenvalue weighted by molar-refractivity contribution is 5.94. The standard InChI is InChI=1S/C15H17N3O/c1-10-7-12(9-17-8-10)15(19)18-11(2)13-5-3-4-6-14(13)16/h3-9,11H,16H2,1-2H3,(H,18,19). The lowest BCUT2D eigenvalue weighted by atomic mass is 10.1. The molecule has 1 aromatic heterocycles. The molecule has 0 aliphatic heterocycles. The predicted octanol–water partition coefficient (Wildman–Crippen LogP) is 2.46. The van der Waals surface area contributed by atoms with E-state index in [4.69, 9.17) is 5.73 Å². The summed E-state index contributed by atoms with van der Waals surface area (Å²) < 4.78 is 0. The number of carbonyl (C=O) groups excluding carboxylic acids is 1. The summed E-state index contributed by atoms with van der Waals surface area (Å²) >= 11 is 0. The molecule has 1 aromatic carbocycles. The molecule has 2 aromatic rings. The summed E-state index contributed by atoms with van der Waals surface area (Å²) in [6.07, 6.45) is 3.28. The summed E-state index contributed by atoms with van der Waals surface area (Å²) in [7, 11) is 0. The number of hydrogen-bond donors (Lipinski definition) is 2. The highest BCUT2D eigenvalue weighted by Gasteiger charge is 2.13. The van der Waals surface area contributed by atoms with E-state index in [0.717, 1.165) is 11.1 Å². The van der Waals surface area contributed by atoms with E-state index in [-0.39, 0.29) is 11.9 Å². The minimum absolute atomic E-state index is 0.144. The van der Waals surface area contributed by atoms with Crippen LogP contribution in [0.1, 0.15) is 34.5 Å². The van der Waals surface area contributed by atoms with Gasteiger partial charge in [0.05, 0.1) is 11.6 Å². The Kier molecular flexibility index (Phi) is 3.80.